The van der Waals surface area contributed by atoms with E-state index in [2.05, 4.69) is 41.4 Å². The van der Waals surface area contributed by atoms with Gasteiger partial charge in [-0.25, -0.2) is 15.0 Å². The van der Waals surface area contributed by atoms with E-state index in [0.717, 1.165) is 37.7 Å². The molecule has 7 aromatic rings. The summed E-state index contributed by atoms with van der Waals surface area (Å²) in [5.41, 5.74) is 5.09. The fourth-order valence-corrected chi connectivity index (χ4v) is 6.19. The van der Waals surface area contributed by atoms with Gasteiger partial charge in [0.1, 0.15) is 0 Å². The molecular weight excluding hydrogens is 534 g/mol. The first-order valence-corrected chi connectivity index (χ1v) is 13.7. The highest BCUT2D eigenvalue weighted by atomic mass is 35.5. The molecule has 7 heteroatoms. The summed E-state index contributed by atoms with van der Waals surface area (Å²) in [6.07, 6.45) is 3.56. The Labute approximate surface area is 239 Å². The molecule has 0 N–H and O–H groups in total. The Morgan fingerprint density at radius 1 is 0.625 bits per heavy atom. The molecule has 0 fully saturated rings. The summed E-state index contributed by atoms with van der Waals surface area (Å²) in [7, 11) is 0. The normalized spacial score (nSPS) is 11.1. The average molecular weight is 552 g/mol. The van der Waals surface area contributed by atoms with Crippen molar-refractivity contribution >= 4 is 43.1 Å². The van der Waals surface area contributed by atoms with E-state index in [1.807, 2.05) is 66.9 Å². The molecule has 40 heavy (non-hydrogen) atoms. The monoisotopic (exact) mass is 551 g/mol. The molecule has 0 saturated carbocycles. The third kappa shape index (κ3) is 4.28. The summed E-state index contributed by atoms with van der Waals surface area (Å²) in [5.74, 6) is 1.56. The fourth-order valence-electron chi connectivity index (χ4n) is 4.80. The average Bonchev–Trinajstić information content (AvgIpc) is 3.40. The SMILES string of the molecule is N#Cc1ccccc1-c1nc(-c2ccccc2)nc(-c2ccc(-c3ccc4sc5cncc(Cl)c5c4c3)cc2)n1. The number of pyridine rings is 1. The topological polar surface area (TPSA) is 75.3 Å². The van der Waals surface area contributed by atoms with Crippen molar-refractivity contribution in [1.29, 1.82) is 5.26 Å². The van der Waals surface area contributed by atoms with Crippen molar-refractivity contribution in [2.75, 3.05) is 0 Å². The number of aromatic nitrogens is 4. The molecule has 7 rings (SSSR count). The van der Waals surface area contributed by atoms with E-state index in [-0.39, 0.29) is 0 Å². The largest absolute Gasteiger partial charge is 0.262 e. The Bertz CT molecular complexity index is 2080. The van der Waals surface area contributed by atoms with Crippen molar-refractivity contribution in [1.82, 2.24) is 19.9 Å². The summed E-state index contributed by atoms with van der Waals surface area (Å²) in [6.45, 7) is 0. The molecule has 0 aliphatic rings. The molecule has 3 aromatic heterocycles. The van der Waals surface area contributed by atoms with Gasteiger partial charge in [-0.1, -0.05) is 84.4 Å². The number of nitriles is 1. The van der Waals surface area contributed by atoms with Gasteiger partial charge in [0, 0.05) is 44.6 Å². The van der Waals surface area contributed by atoms with E-state index in [1.165, 1.54) is 4.70 Å². The number of rotatable bonds is 4. The third-order valence-corrected chi connectivity index (χ3v) is 8.16. The first-order valence-electron chi connectivity index (χ1n) is 12.6. The molecule has 0 aliphatic carbocycles. The van der Waals surface area contributed by atoms with Gasteiger partial charge in [0.25, 0.3) is 0 Å². The van der Waals surface area contributed by atoms with Gasteiger partial charge in [0.15, 0.2) is 17.5 Å². The van der Waals surface area contributed by atoms with Crippen LogP contribution >= 0.6 is 22.9 Å². The molecule has 0 amide bonds. The second kappa shape index (κ2) is 9.97. The Morgan fingerprint density at radius 2 is 1.27 bits per heavy atom. The lowest BCUT2D eigenvalue weighted by Crippen LogP contribution is -2.01. The van der Waals surface area contributed by atoms with Crippen LogP contribution in [0.5, 0.6) is 0 Å². The first kappa shape index (κ1) is 24.1. The van der Waals surface area contributed by atoms with Gasteiger partial charge in [0.05, 0.1) is 21.4 Å². The molecule has 0 saturated heterocycles. The maximum atomic E-state index is 9.69. The van der Waals surface area contributed by atoms with Crippen LogP contribution in [0, 0.1) is 11.3 Å². The van der Waals surface area contributed by atoms with Crippen LogP contribution in [-0.2, 0) is 0 Å². The number of nitrogens with zero attached hydrogens (tertiary/aromatic N) is 5. The van der Waals surface area contributed by atoms with Gasteiger partial charge < -0.3 is 0 Å². The van der Waals surface area contributed by atoms with Crippen molar-refractivity contribution in [3.05, 3.63) is 120 Å². The van der Waals surface area contributed by atoms with Gasteiger partial charge in [-0.2, -0.15) is 5.26 Å². The summed E-state index contributed by atoms with van der Waals surface area (Å²) >= 11 is 8.20. The minimum atomic E-state index is 0.464. The Morgan fingerprint density at radius 3 is 2.05 bits per heavy atom. The predicted molar refractivity (Wildman–Crippen MR) is 162 cm³/mol. The highest BCUT2D eigenvalue weighted by molar-refractivity contribution is 7.25. The van der Waals surface area contributed by atoms with Crippen LogP contribution in [0.3, 0.4) is 0 Å². The van der Waals surface area contributed by atoms with E-state index in [4.69, 9.17) is 26.6 Å². The van der Waals surface area contributed by atoms with Gasteiger partial charge in [-0.05, 0) is 35.4 Å². The third-order valence-electron chi connectivity index (χ3n) is 6.77. The van der Waals surface area contributed by atoms with E-state index in [0.29, 0.717) is 33.6 Å². The molecule has 4 aromatic carbocycles. The van der Waals surface area contributed by atoms with Crippen LogP contribution in [-0.4, -0.2) is 19.9 Å². The molecule has 0 unspecified atom stereocenters. The highest BCUT2D eigenvalue weighted by Crippen LogP contribution is 2.39. The van der Waals surface area contributed by atoms with Gasteiger partial charge in [0.2, 0.25) is 0 Å². The summed E-state index contributed by atoms with van der Waals surface area (Å²) in [4.78, 5) is 18.6. The summed E-state index contributed by atoms with van der Waals surface area (Å²) < 4.78 is 2.25. The lowest BCUT2D eigenvalue weighted by molar-refractivity contribution is 1.07. The molecule has 0 bridgehead atoms. The van der Waals surface area contributed by atoms with Gasteiger partial charge in [-0.3, -0.25) is 4.98 Å². The second-order valence-corrected chi connectivity index (χ2v) is 10.7. The van der Waals surface area contributed by atoms with Crippen molar-refractivity contribution < 1.29 is 0 Å². The van der Waals surface area contributed by atoms with E-state index in [9.17, 15) is 5.26 Å². The van der Waals surface area contributed by atoms with Crippen LogP contribution < -0.4 is 0 Å². The zero-order chi connectivity index (χ0) is 27.1. The van der Waals surface area contributed by atoms with Crippen molar-refractivity contribution in [2.45, 2.75) is 0 Å². The molecular formula is C33H18ClN5S. The number of hydrogen-bond acceptors (Lipinski definition) is 6. The van der Waals surface area contributed by atoms with Crippen LogP contribution in [0.4, 0.5) is 0 Å². The smallest absolute Gasteiger partial charge is 0.165 e. The zero-order valence-electron chi connectivity index (χ0n) is 20.9. The van der Waals surface area contributed by atoms with E-state index in [1.54, 1.807) is 23.6 Å². The van der Waals surface area contributed by atoms with Crippen molar-refractivity contribution in [3.63, 3.8) is 0 Å². The molecule has 5 nitrogen and oxygen atoms in total. The van der Waals surface area contributed by atoms with E-state index < -0.39 is 0 Å². The lowest BCUT2D eigenvalue weighted by Gasteiger charge is -2.10. The molecule has 0 atom stereocenters. The maximum absolute atomic E-state index is 9.69. The molecule has 188 valence electrons. The van der Waals surface area contributed by atoms with Crippen LogP contribution in [0.15, 0.2) is 109 Å². The molecule has 0 spiro atoms. The number of hydrogen-bond donors (Lipinski definition) is 0. The van der Waals surface area contributed by atoms with Gasteiger partial charge >= 0.3 is 0 Å². The second-order valence-electron chi connectivity index (χ2n) is 9.21. The number of halogens is 1. The molecule has 0 aliphatic heterocycles. The predicted octanol–water partition coefficient (Wildman–Crippen LogP) is 8.83. The summed E-state index contributed by atoms with van der Waals surface area (Å²) in [5, 5.41) is 12.5. The van der Waals surface area contributed by atoms with Gasteiger partial charge in [-0.15, -0.1) is 11.3 Å². The number of thiophene rings is 1. The quantitative estimate of drug-likeness (QED) is 0.218. The Kier molecular flexibility index (Phi) is 6.01. The van der Waals surface area contributed by atoms with Crippen LogP contribution in [0.25, 0.3) is 65.5 Å². The fraction of sp³-hybridized carbons (Fsp3) is 0. The standard InChI is InChI=1S/C33H18ClN5S/c34-27-18-36-19-29-30(27)26-16-23(14-15-28(26)40-29)20-10-12-22(13-11-20)32-37-31(21-6-2-1-3-7-21)38-33(39-32)25-9-5-4-8-24(25)17-35/h1-16,18-19H. The van der Waals surface area contributed by atoms with Crippen LogP contribution in [0.1, 0.15) is 5.56 Å². The van der Waals surface area contributed by atoms with Crippen molar-refractivity contribution in [2.24, 2.45) is 0 Å². The number of fused-ring (bicyclic) bond motifs is 3. The minimum absolute atomic E-state index is 0.464. The number of benzene rings is 4. The Hall–Kier alpha value is -4.96. The first-order chi connectivity index (χ1) is 19.7. The highest BCUT2D eigenvalue weighted by Gasteiger charge is 2.15. The van der Waals surface area contributed by atoms with Crippen LogP contribution in [0.2, 0.25) is 5.02 Å². The lowest BCUT2D eigenvalue weighted by atomic mass is 10.0. The minimum Gasteiger partial charge on any atom is -0.262 e. The zero-order valence-corrected chi connectivity index (χ0v) is 22.5. The summed E-state index contributed by atoms with van der Waals surface area (Å²) in [6, 6.07) is 34.0. The molecule has 0 radical (unpaired) electrons. The maximum Gasteiger partial charge on any atom is 0.165 e. The molecule has 3 heterocycles. The van der Waals surface area contributed by atoms with Crippen molar-refractivity contribution in [3.8, 4) is 51.4 Å². The van der Waals surface area contributed by atoms with E-state index >= 15 is 0 Å². The Balaban J connectivity index is 1.32.